The molecule has 0 spiro atoms. The van der Waals surface area contributed by atoms with E-state index in [1.807, 2.05) is 37.4 Å². The van der Waals surface area contributed by atoms with Crippen LogP contribution in [0.1, 0.15) is 18.9 Å². The quantitative estimate of drug-likeness (QED) is 0.756. The van der Waals surface area contributed by atoms with E-state index in [1.165, 1.54) is 0 Å². The molecule has 0 bridgehead atoms. The highest BCUT2D eigenvalue weighted by atomic mass is 35.5. The molecule has 0 unspecified atom stereocenters. The van der Waals surface area contributed by atoms with Crippen LogP contribution in [0.15, 0.2) is 36.7 Å². The predicted molar refractivity (Wildman–Crippen MR) is 82.1 cm³/mol. The van der Waals surface area contributed by atoms with E-state index in [1.54, 1.807) is 6.20 Å². The molecule has 0 amide bonds. The minimum atomic E-state index is 0.669. The number of rotatable bonds is 8. The van der Waals surface area contributed by atoms with Crippen LogP contribution in [0.4, 0.5) is 5.95 Å². The summed E-state index contributed by atoms with van der Waals surface area (Å²) in [6, 6.07) is 7.82. The summed E-state index contributed by atoms with van der Waals surface area (Å²) in [5.74, 6) is 0.862. The van der Waals surface area contributed by atoms with Crippen LogP contribution >= 0.6 is 11.6 Å². The number of aromatic nitrogens is 2. The topological polar surface area (TPSA) is 39.1 Å². The van der Waals surface area contributed by atoms with Gasteiger partial charge in [0.25, 0.3) is 0 Å². The van der Waals surface area contributed by atoms with Crippen molar-refractivity contribution in [1.82, 2.24) is 9.55 Å². The molecule has 0 fully saturated rings. The van der Waals surface area contributed by atoms with E-state index in [-0.39, 0.29) is 0 Å². The fourth-order valence-corrected chi connectivity index (χ4v) is 2.16. The lowest BCUT2D eigenvalue weighted by molar-refractivity contribution is 0.142. The molecule has 5 heteroatoms. The summed E-state index contributed by atoms with van der Waals surface area (Å²) in [6.07, 6.45) is 4.75. The molecular weight excluding hydrogens is 274 g/mol. The van der Waals surface area contributed by atoms with E-state index in [2.05, 4.69) is 14.9 Å². The highest BCUT2D eigenvalue weighted by molar-refractivity contribution is 6.31. The Labute approximate surface area is 124 Å². The lowest BCUT2D eigenvalue weighted by Crippen LogP contribution is -2.09. The molecule has 0 radical (unpaired) electrons. The fraction of sp³-hybridized carbons (Fsp3) is 0.400. The van der Waals surface area contributed by atoms with Crippen molar-refractivity contribution in [3.05, 3.63) is 47.2 Å². The summed E-state index contributed by atoms with van der Waals surface area (Å²) in [5, 5.41) is 4.09. The van der Waals surface area contributed by atoms with E-state index in [9.17, 15) is 0 Å². The van der Waals surface area contributed by atoms with Crippen LogP contribution in [0.3, 0.4) is 0 Å². The maximum atomic E-state index is 6.14. The number of aryl methyl sites for hydroxylation is 1. The van der Waals surface area contributed by atoms with Gasteiger partial charge in [-0.1, -0.05) is 29.8 Å². The van der Waals surface area contributed by atoms with Gasteiger partial charge in [0.15, 0.2) is 0 Å². The maximum Gasteiger partial charge on any atom is 0.203 e. The molecule has 0 aliphatic heterocycles. The normalized spacial score (nSPS) is 10.7. The molecule has 2 aromatic rings. The zero-order chi connectivity index (χ0) is 14.2. The van der Waals surface area contributed by atoms with Crippen LogP contribution in [0.2, 0.25) is 5.02 Å². The number of nitrogens with one attached hydrogen (secondary N) is 1. The van der Waals surface area contributed by atoms with Crippen LogP contribution in [0.25, 0.3) is 0 Å². The number of hydrogen-bond donors (Lipinski definition) is 1. The van der Waals surface area contributed by atoms with Crippen molar-refractivity contribution in [3.8, 4) is 0 Å². The van der Waals surface area contributed by atoms with E-state index in [0.717, 1.165) is 42.7 Å². The summed E-state index contributed by atoms with van der Waals surface area (Å²) in [5.41, 5.74) is 1.07. The van der Waals surface area contributed by atoms with Gasteiger partial charge in [-0.25, -0.2) is 4.98 Å². The molecule has 108 valence electrons. The Morgan fingerprint density at radius 2 is 2.20 bits per heavy atom. The van der Waals surface area contributed by atoms with Gasteiger partial charge in [0.05, 0.1) is 0 Å². The van der Waals surface area contributed by atoms with Crippen molar-refractivity contribution < 1.29 is 4.74 Å². The fourth-order valence-electron chi connectivity index (χ4n) is 1.95. The van der Waals surface area contributed by atoms with Crippen molar-refractivity contribution in [2.75, 3.05) is 18.5 Å². The zero-order valence-corrected chi connectivity index (χ0v) is 12.4. The molecule has 1 aromatic carbocycles. The molecule has 1 heterocycles. The number of hydrogen-bond acceptors (Lipinski definition) is 3. The van der Waals surface area contributed by atoms with Crippen molar-refractivity contribution in [3.63, 3.8) is 0 Å². The zero-order valence-electron chi connectivity index (χ0n) is 11.7. The van der Waals surface area contributed by atoms with Crippen LogP contribution in [-0.2, 0) is 17.8 Å². The molecule has 1 N–H and O–H groups in total. The van der Waals surface area contributed by atoms with Gasteiger partial charge in [-0.3, -0.25) is 0 Å². The van der Waals surface area contributed by atoms with Crippen LogP contribution in [0, 0.1) is 0 Å². The molecule has 0 atom stereocenters. The SMILES string of the molecule is CCOCCCn1ccnc1NCc1ccccc1Cl. The highest BCUT2D eigenvalue weighted by Gasteiger charge is 2.04. The molecule has 2 rings (SSSR count). The van der Waals surface area contributed by atoms with Crippen molar-refractivity contribution in [2.45, 2.75) is 26.4 Å². The second-order valence-electron chi connectivity index (χ2n) is 4.44. The first-order valence-electron chi connectivity index (χ1n) is 6.87. The van der Waals surface area contributed by atoms with Gasteiger partial charge in [0.1, 0.15) is 0 Å². The first-order chi connectivity index (χ1) is 9.81. The number of anilines is 1. The third kappa shape index (κ3) is 4.25. The van der Waals surface area contributed by atoms with Gasteiger partial charge in [-0.2, -0.15) is 0 Å². The van der Waals surface area contributed by atoms with Crippen LogP contribution in [-0.4, -0.2) is 22.8 Å². The number of imidazole rings is 1. The van der Waals surface area contributed by atoms with Crippen LogP contribution < -0.4 is 5.32 Å². The lowest BCUT2D eigenvalue weighted by atomic mass is 10.2. The molecular formula is C15H20ClN3O. The Morgan fingerprint density at radius 3 is 3.00 bits per heavy atom. The minimum absolute atomic E-state index is 0.669. The average molecular weight is 294 g/mol. The Balaban J connectivity index is 1.87. The monoisotopic (exact) mass is 293 g/mol. The van der Waals surface area contributed by atoms with Crippen molar-refractivity contribution >= 4 is 17.5 Å². The van der Waals surface area contributed by atoms with Crippen LogP contribution in [0.5, 0.6) is 0 Å². The molecule has 0 saturated carbocycles. The predicted octanol–water partition coefficient (Wildman–Crippen LogP) is 3.58. The first-order valence-corrected chi connectivity index (χ1v) is 7.25. The Morgan fingerprint density at radius 1 is 1.35 bits per heavy atom. The summed E-state index contributed by atoms with van der Waals surface area (Å²) in [7, 11) is 0. The summed E-state index contributed by atoms with van der Waals surface area (Å²) < 4.78 is 7.44. The first kappa shape index (κ1) is 14.9. The Bertz CT molecular complexity index is 527. The van der Waals surface area contributed by atoms with Gasteiger partial charge in [-0.15, -0.1) is 0 Å². The molecule has 0 saturated heterocycles. The third-order valence-corrected chi connectivity index (χ3v) is 3.37. The second-order valence-corrected chi connectivity index (χ2v) is 4.85. The average Bonchev–Trinajstić information content (AvgIpc) is 2.90. The van der Waals surface area contributed by atoms with Crippen molar-refractivity contribution in [1.29, 1.82) is 0 Å². The standard InChI is InChI=1S/C15H20ClN3O/c1-2-20-11-5-9-19-10-8-17-15(19)18-12-13-6-3-4-7-14(13)16/h3-4,6-8,10H,2,5,9,11-12H2,1H3,(H,17,18). The van der Waals surface area contributed by atoms with Gasteiger partial charge < -0.3 is 14.6 Å². The molecule has 20 heavy (non-hydrogen) atoms. The lowest BCUT2D eigenvalue weighted by Gasteiger charge is -2.10. The van der Waals surface area contributed by atoms with E-state index >= 15 is 0 Å². The summed E-state index contributed by atoms with van der Waals surface area (Å²) in [6.45, 7) is 5.11. The molecule has 0 aliphatic carbocycles. The Hall–Kier alpha value is -1.52. The third-order valence-electron chi connectivity index (χ3n) is 3.00. The van der Waals surface area contributed by atoms with Gasteiger partial charge >= 0.3 is 0 Å². The number of nitrogens with zero attached hydrogens (tertiary/aromatic N) is 2. The molecule has 4 nitrogen and oxygen atoms in total. The molecule has 1 aromatic heterocycles. The van der Waals surface area contributed by atoms with E-state index < -0.39 is 0 Å². The number of ether oxygens (including phenoxy) is 1. The Kier molecular flexibility index (Phi) is 5.89. The number of halogens is 1. The maximum absolute atomic E-state index is 6.14. The largest absolute Gasteiger partial charge is 0.382 e. The van der Waals surface area contributed by atoms with E-state index in [4.69, 9.17) is 16.3 Å². The minimum Gasteiger partial charge on any atom is -0.382 e. The van der Waals surface area contributed by atoms with Gasteiger partial charge in [0.2, 0.25) is 5.95 Å². The summed E-state index contributed by atoms with van der Waals surface area (Å²) in [4.78, 5) is 4.33. The molecule has 0 aliphatic rings. The second kappa shape index (κ2) is 7.92. The smallest absolute Gasteiger partial charge is 0.203 e. The highest BCUT2D eigenvalue weighted by Crippen LogP contribution is 2.16. The van der Waals surface area contributed by atoms with Gasteiger partial charge in [-0.05, 0) is 25.0 Å². The number of benzene rings is 1. The van der Waals surface area contributed by atoms with Gasteiger partial charge in [0, 0.05) is 43.7 Å². The van der Waals surface area contributed by atoms with Crippen molar-refractivity contribution in [2.24, 2.45) is 0 Å². The van der Waals surface area contributed by atoms with E-state index in [0.29, 0.717) is 6.54 Å². The summed E-state index contributed by atoms with van der Waals surface area (Å²) >= 11 is 6.14.